The molecule has 2 aliphatic rings. The van der Waals surface area contributed by atoms with Crippen LogP contribution in [0.15, 0.2) is 36.4 Å². The van der Waals surface area contributed by atoms with Gasteiger partial charge in [-0.05, 0) is 55.0 Å². The Kier molecular flexibility index (Phi) is 4.64. The Labute approximate surface area is 181 Å². The molecule has 2 aromatic carbocycles. The molecule has 0 bridgehead atoms. The summed E-state index contributed by atoms with van der Waals surface area (Å²) in [7, 11) is 0. The molecule has 0 atom stereocenters. The Hall–Kier alpha value is -2.37. The highest BCUT2D eigenvalue weighted by atomic mass is 35.5. The molecule has 0 saturated heterocycles. The Morgan fingerprint density at radius 3 is 2.73 bits per heavy atom. The quantitative estimate of drug-likeness (QED) is 0.622. The third-order valence-electron chi connectivity index (χ3n) is 6.52. The van der Waals surface area contributed by atoms with Crippen molar-refractivity contribution in [3.63, 3.8) is 0 Å². The van der Waals surface area contributed by atoms with Gasteiger partial charge in [-0.15, -0.1) is 0 Å². The van der Waals surface area contributed by atoms with E-state index in [1.165, 1.54) is 0 Å². The fourth-order valence-electron chi connectivity index (χ4n) is 4.68. The summed E-state index contributed by atoms with van der Waals surface area (Å²) >= 11 is 6.53. The van der Waals surface area contributed by atoms with Gasteiger partial charge in [-0.2, -0.15) is 0 Å². The van der Waals surface area contributed by atoms with Crippen molar-refractivity contribution in [3.8, 4) is 0 Å². The van der Waals surface area contributed by atoms with E-state index in [0.29, 0.717) is 24.0 Å². The van der Waals surface area contributed by atoms with Crippen molar-refractivity contribution in [2.75, 3.05) is 4.90 Å². The first-order valence-electron chi connectivity index (χ1n) is 10.7. The number of aromatic nitrogens is 2. The van der Waals surface area contributed by atoms with Gasteiger partial charge in [0, 0.05) is 29.4 Å². The van der Waals surface area contributed by atoms with Crippen molar-refractivity contribution in [1.29, 1.82) is 0 Å². The monoisotopic (exact) mass is 422 g/mol. The third kappa shape index (κ3) is 2.95. The molecule has 6 heteroatoms. The van der Waals surface area contributed by atoms with Gasteiger partial charge in [0.15, 0.2) is 0 Å². The zero-order chi connectivity index (χ0) is 21.0. The topological polar surface area (TPSA) is 64.2 Å². The zero-order valence-corrected chi connectivity index (χ0v) is 18.2. The number of halogens is 1. The second kappa shape index (κ2) is 7.10. The van der Waals surface area contributed by atoms with E-state index >= 15 is 0 Å². The number of benzene rings is 2. The second-order valence-corrected chi connectivity index (χ2v) is 9.40. The average Bonchev–Trinajstić information content (AvgIpc) is 3.40. The van der Waals surface area contributed by atoms with E-state index in [4.69, 9.17) is 22.3 Å². The molecule has 1 amide bonds. The summed E-state index contributed by atoms with van der Waals surface area (Å²) in [5.74, 6) is 1.66. The van der Waals surface area contributed by atoms with Crippen LogP contribution >= 0.6 is 11.6 Å². The van der Waals surface area contributed by atoms with Gasteiger partial charge >= 0.3 is 0 Å². The first kappa shape index (κ1) is 19.6. The lowest BCUT2D eigenvalue weighted by molar-refractivity contribution is -0.120. The molecule has 156 valence electrons. The molecule has 2 heterocycles. The fourth-order valence-corrected chi connectivity index (χ4v) is 5.03. The van der Waals surface area contributed by atoms with Crippen molar-refractivity contribution in [1.82, 2.24) is 9.55 Å². The number of nitrogens with zero attached hydrogens (tertiary/aromatic N) is 3. The van der Waals surface area contributed by atoms with Crippen molar-refractivity contribution in [3.05, 3.63) is 58.4 Å². The number of anilines is 1. The minimum absolute atomic E-state index is 0.163. The number of hydrogen-bond donors (Lipinski definition) is 1. The number of nitrogens with two attached hydrogens (primary N) is 1. The summed E-state index contributed by atoms with van der Waals surface area (Å²) in [5, 5.41) is 0.696. The molecule has 5 nitrogen and oxygen atoms in total. The molecule has 2 N–H and O–H groups in total. The van der Waals surface area contributed by atoms with Crippen molar-refractivity contribution in [2.24, 2.45) is 11.7 Å². The molecule has 0 unspecified atom stereocenters. The van der Waals surface area contributed by atoms with E-state index in [0.717, 1.165) is 59.5 Å². The summed E-state index contributed by atoms with van der Waals surface area (Å²) in [6, 6.07) is 12.1. The lowest BCUT2D eigenvalue weighted by Crippen LogP contribution is -2.32. The van der Waals surface area contributed by atoms with Crippen LogP contribution < -0.4 is 10.6 Å². The van der Waals surface area contributed by atoms with Crippen molar-refractivity contribution in [2.45, 2.75) is 58.2 Å². The molecule has 30 heavy (non-hydrogen) atoms. The molecule has 1 fully saturated rings. The van der Waals surface area contributed by atoms with Crippen molar-refractivity contribution >= 4 is 34.2 Å². The van der Waals surface area contributed by atoms with Crippen LogP contribution in [0.25, 0.3) is 11.0 Å². The van der Waals surface area contributed by atoms with E-state index in [1.54, 1.807) is 0 Å². The maximum atomic E-state index is 13.4. The molecular formula is C24H27ClN4O. The van der Waals surface area contributed by atoms with E-state index in [9.17, 15) is 4.79 Å². The highest BCUT2D eigenvalue weighted by Gasteiger charge is 2.60. The predicted molar refractivity (Wildman–Crippen MR) is 121 cm³/mol. The maximum Gasteiger partial charge on any atom is 0.238 e. The third-order valence-corrected chi connectivity index (χ3v) is 6.84. The van der Waals surface area contributed by atoms with Crippen LogP contribution in [0, 0.1) is 5.92 Å². The van der Waals surface area contributed by atoms with Gasteiger partial charge in [-0.25, -0.2) is 4.98 Å². The van der Waals surface area contributed by atoms with Gasteiger partial charge in [-0.1, -0.05) is 37.6 Å². The Bertz CT molecular complexity index is 1150. The summed E-state index contributed by atoms with van der Waals surface area (Å²) in [6.45, 7) is 6.28. The molecule has 1 spiro atoms. The van der Waals surface area contributed by atoms with Crippen LogP contribution in [0.5, 0.6) is 0 Å². The highest BCUT2D eigenvalue weighted by Crippen LogP contribution is 2.59. The second-order valence-electron chi connectivity index (χ2n) is 9.00. The minimum Gasteiger partial charge on any atom is -0.326 e. The molecule has 1 saturated carbocycles. The van der Waals surface area contributed by atoms with Gasteiger partial charge in [0.05, 0.1) is 23.0 Å². The smallest absolute Gasteiger partial charge is 0.238 e. The molecule has 5 rings (SSSR count). The van der Waals surface area contributed by atoms with E-state index in [1.807, 2.05) is 23.1 Å². The first-order chi connectivity index (χ1) is 14.4. The summed E-state index contributed by atoms with van der Waals surface area (Å²) in [5.41, 5.74) is 10.5. The number of amides is 1. The molecular weight excluding hydrogens is 396 g/mol. The Balaban J connectivity index is 1.58. The zero-order valence-electron chi connectivity index (χ0n) is 17.5. The lowest BCUT2D eigenvalue weighted by atomic mass is 9.98. The number of imidazole rings is 1. The Morgan fingerprint density at radius 1 is 1.23 bits per heavy atom. The number of hydrogen-bond acceptors (Lipinski definition) is 3. The first-order valence-corrected chi connectivity index (χ1v) is 11.1. The van der Waals surface area contributed by atoms with Gasteiger partial charge in [-0.3, -0.25) is 4.79 Å². The van der Waals surface area contributed by atoms with Gasteiger partial charge in [0.2, 0.25) is 5.91 Å². The minimum atomic E-state index is -0.408. The van der Waals surface area contributed by atoms with Gasteiger partial charge in [0.1, 0.15) is 5.82 Å². The molecule has 3 aromatic rings. The van der Waals surface area contributed by atoms with Crippen LogP contribution in [0.1, 0.15) is 50.1 Å². The molecule has 1 aliphatic carbocycles. The molecule has 0 radical (unpaired) electrons. The van der Waals surface area contributed by atoms with E-state index < -0.39 is 5.41 Å². The van der Waals surface area contributed by atoms with Crippen LogP contribution in [0.3, 0.4) is 0 Å². The predicted octanol–water partition coefficient (Wildman–Crippen LogP) is 4.77. The average molecular weight is 423 g/mol. The van der Waals surface area contributed by atoms with Gasteiger partial charge in [0.25, 0.3) is 0 Å². The standard InChI is InChI=1S/C24H27ClN4O/c1-15(2)8-11-28-19-7-6-16(13-26)12-18(19)27-21(28)14-29-20-5-3-4-17(25)22(20)24(9-10-24)23(29)30/h3-7,12,15H,8-11,13-14,26H2,1-2H3. The molecule has 1 aliphatic heterocycles. The van der Waals surface area contributed by atoms with Crippen molar-refractivity contribution < 1.29 is 4.79 Å². The van der Waals surface area contributed by atoms with Gasteiger partial charge < -0.3 is 15.2 Å². The number of carbonyl (C=O) groups excluding carboxylic acids is 1. The fraction of sp³-hybridized carbons (Fsp3) is 0.417. The number of carbonyl (C=O) groups is 1. The van der Waals surface area contributed by atoms with Crippen LogP contribution in [0.2, 0.25) is 5.02 Å². The summed E-state index contributed by atoms with van der Waals surface area (Å²) < 4.78 is 2.27. The van der Waals surface area contributed by atoms with Crippen LogP contribution in [0.4, 0.5) is 5.69 Å². The highest BCUT2D eigenvalue weighted by molar-refractivity contribution is 6.33. The maximum absolute atomic E-state index is 13.4. The number of rotatable bonds is 6. The number of fused-ring (bicyclic) bond motifs is 3. The summed E-state index contributed by atoms with van der Waals surface area (Å²) in [4.78, 5) is 20.2. The molecule has 1 aromatic heterocycles. The summed E-state index contributed by atoms with van der Waals surface area (Å²) in [6.07, 6.45) is 2.81. The van der Waals surface area contributed by atoms with Crippen LogP contribution in [-0.4, -0.2) is 15.5 Å². The Morgan fingerprint density at radius 2 is 2.03 bits per heavy atom. The van der Waals surface area contributed by atoms with Crippen LogP contribution in [-0.2, 0) is 29.8 Å². The largest absolute Gasteiger partial charge is 0.326 e. The van der Waals surface area contributed by atoms with E-state index in [-0.39, 0.29) is 5.91 Å². The normalized spacial score (nSPS) is 16.8. The number of aryl methyl sites for hydroxylation is 1. The van der Waals surface area contributed by atoms with E-state index in [2.05, 4.69) is 36.6 Å². The lowest BCUT2D eigenvalue weighted by Gasteiger charge is -2.19. The SMILES string of the molecule is CC(C)CCn1c(CN2C(=O)C3(CC3)c3c(Cl)cccc32)nc2cc(CN)ccc21.